The number of furan rings is 1. The number of carbonyl (C=O) groups excluding carboxylic acids is 1. The van der Waals surface area contributed by atoms with Gasteiger partial charge in [-0.25, -0.2) is 4.79 Å². The van der Waals surface area contributed by atoms with Crippen molar-refractivity contribution >= 4 is 23.6 Å². The summed E-state index contributed by atoms with van der Waals surface area (Å²) in [6.45, 7) is 2.38. The molecule has 0 bridgehead atoms. The topological polar surface area (TPSA) is 70.8 Å². The van der Waals surface area contributed by atoms with E-state index in [0.717, 1.165) is 11.5 Å². The van der Waals surface area contributed by atoms with Crippen molar-refractivity contribution in [1.29, 1.82) is 0 Å². The van der Waals surface area contributed by atoms with Crippen molar-refractivity contribution in [2.24, 2.45) is 0 Å². The van der Waals surface area contributed by atoms with Crippen LogP contribution in [-0.4, -0.2) is 46.0 Å². The van der Waals surface area contributed by atoms with Crippen LogP contribution in [0.1, 0.15) is 23.2 Å². The molecule has 1 aromatic heterocycles. The average molecular weight is 269 g/mol. The van der Waals surface area contributed by atoms with Crippen LogP contribution in [0.4, 0.5) is 0 Å². The Morgan fingerprint density at radius 1 is 1.56 bits per heavy atom. The lowest BCUT2D eigenvalue weighted by Gasteiger charge is -2.31. The van der Waals surface area contributed by atoms with Crippen LogP contribution in [0, 0.1) is 0 Å². The number of thioether (sulfide) groups is 1. The Hall–Kier alpha value is -1.43. The zero-order chi connectivity index (χ0) is 13.1. The van der Waals surface area contributed by atoms with Gasteiger partial charge in [0, 0.05) is 24.5 Å². The summed E-state index contributed by atoms with van der Waals surface area (Å²) in [4.78, 5) is 24.7. The van der Waals surface area contributed by atoms with Gasteiger partial charge in [-0.1, -0.05) is 6.92 Å². The van der Waals surface area contributed by atoms with Crippen LogP contribution < -0.4 is 0 Å². The molecule has 98 valence electrons. The normalized spacial score (nSPS) is 19.8. The molecule has 1 aliphatic rings. The Balaban J connectivity index is 2.17. The number of aliphatic carboxylic acids is 1. The molecular weight excluding hydrogens is 254 g/mol. The van der Waals surface area contributed by atoms with E-state index in [1.165, 1.54) is 4.90 Å². The Labute approximate surface area is 109 Å². The zero-order valence-corrected chi connectivity index (χ0v) is 10.9. The van der Waals surface area contributed by atoms with Crippen LogP contribution in [0.2, 0.25) is 0 Å². The van der Waals surface area contributed by atoms with Gasteiger partial charge in [0.1, 0.15) is 11.8 Å². The van der Waals surface area contributed by atoms with Crippen molar-refractivity contribution in [1.82, 2.24) is 4.90 Å². The van der Waals surface area contributed by atoms with E-state index in [2.05, 4.69) is 0 Å². The van der Waals surface area contributed by atoms with Crippen molar-refractivity contribution in [3.8, 4) is 0 Å². The molecular formula is C12H15NO4S. The summed E-state index contributed by atoms with van der Waals surface area (Å²) >= 11 is 1.55. The third-order valence-electron chi connectivity index (χ3n) is 2.90. The first kappa shape index (κ1) is 13.0. The molecule has 1 unspecified atom stereocenters. The number of aryl methyl sites for hydroxylation is 1. The van der Waals surface area contributed by atoms with E-state index in [1.807, 2.05) is 6.92 Å². The van der Waals surface area contributed by atoms with Crippen molar-refractivity contribution in [2.75, 3.05) is 18.1 Å². The van der Waals surface area contributed by atoms with Crippen molar-refractivity contribution < 1.29 is 19.1 Å². The van der Waals surface area contributed by atoms with Gasteiger partial charge in [0.05, 0.1) is 0 Å². The van der Waals surface area contributed by atoms with E-state index >= 15 is 0 Å². The molecule has 6 heteroatoms. The minimum absolute atomic E-state index is 0.227. The lowest BCUT2D eigenvalue weighted by molar-refractivity contribution is -0.141. The van der Waals surface area contributed by atoms with Crippen molar-refractivity contribution in [2.45, 2.75) is 19.4 Å². The highest BCUT2D eigenvalue weighted by atomic mass is 32.2. The highest BCUT2D eigenvalue weighted by Gasteiger charge is 2.34. The van der Waals surface area contributed by atoms with Gasteiger partial charge in [-0.05, 0) is 12.1 Å². The standard InChI is InChI=1S/C12H15NO4S/c1-2-8-3-4-10(17-8)11(14)13-5-6-18-7-9(13)12(15)16/h3-4,9H,2,5-7H2,1H3,(H,15,16). The zero-order valence-electron chi connectivity index (χ0n) is 10.1. The lowest BCUT2D eigenvalue weighted by Crippen LogP contribution is -2.50. The van der Waals surface area contributed by atoms with Gasteiger partial charge in [0.15, 0.2) is 5.76 Å². The highest BCUT2D eigenvalue weighted by molar-refractivity contribution is 7.99. The largest absolute Gasteiger partial charge is 0.480 e. The lowest BCUT2D eigenvalue weighted by atomic mass is 10.2. The number of carboxylic acids is 1. The van der Waals surface area contributed by atoms with E-state index in [4.69, 9.17) is 9.52 Å². The molecule has 1 fully saturated rings. The van der Waals surface area contributed by atoms with E-state index in [-0.39, 0.29) is 11.7 Å². The molecule has 1 aliphatic heterocycles. The highest BCUT2D eigenvalue weighted by Crippen LogP contribution is 2.20. The first-order chi connectivity index (χ1) is 8.63. The van der Waals surface area contributed by atoms with Crippen LogP contribution in [0.5, 0.6) is 0 Å². The molecule has 0 aliphatic carbocycles. The van der Waals surface area contributed by atoms with Gasteiger partial charge in [-0.2, -0.15) is 11.8 Å². The maximum Gasteiger partial charge on any atom is 0.327 e. The summed E-state index contributed by atoms with van der Waals surface area (Å²) < 4.78 is 5.38. The Morgan fingerprint density at radius 3 is 2.94 bits per heavy atom. The van der Waals surface area contributed by atoms with Gasteiger partial charge in [-0.15, -0.1) is 0 Å². The SMILES string of the molecule is CCc1ccc(C(=O)N2CCSCC2C(=O)O)o1. The maximum atomic E-state index is 12.2. The van der Waals surface area contributed by atoms with Gasteiger partial charge in [-0.3, -0.25) is 4.79 Å². The minimum atomic E-state index is -0.960. The summed E-state index contributed by atoms with van der Waals surface area (Å²) in [6.07, 6.45) is 0.714. The van der Waals surface area contributed by atoms with Crippen LogP contribution in [0.15, 0.2) is 16.5 Å². The molecule has 0 spiro atoms. The molecule has 1 amide bonds. The predicted molar refractivity (Wildman–Crippen MR) is 67.9 cm³/mol. The summed E-state index contributed by atoms with van der Waals surface area (Å²) in [5.41, 5.74) is 0. The molecule has 2 rings (SSSR count). The average Bonchev–Trinajstić information content (AvgIpc) is 2.86. The molecule has 0 radical (unpaired) electrons. The fourth-order valence-corrected chi connectivity index (χ4v) is 2.91. The first-order valence-corrected chi connectivity index (χ1v) is 6.99. The number of hydrogen-bond acceptors (Lipinski definition) is 4. The van der Waals surface area contributed by atoms with Crippen LogP contribution in [0.25, 0.3) is 0 Å². The predicted octanol–water partition coefficient (Wildman–Crippen LogP) is 1.48. The number of hydrogen-bond donors (Lipinski definition) is 1. The second-order valence-electron chi connectivity index (χ2n) is 4.05. The fourth-order valence-electron chi connectivity index (χ4n) is 1.88. The van der Waals surface area contributed by atoms with Crippen molar-refractivity contribution in [3.05, 3.63) is 23.7 Å². The summed E-state index contributed by atoms with van der Waals surface area (Å²) in [6, 6.07) is 2.61. The van der Waals surface area contributed by atoms with Gasteiger partial charge in [0.25, 0.3) is 5.91 Å². The molecule has 18 heavy (non-hydrogen) atoms. The fraction of sp³-hybridized carbons (Fsp3) is 0.500. The van der Waals surface area contributed by atoms with Crippen molar-refractivity contribution in [3.63, 3.8) is 0 Å². The van der Waals surface area contributed by atoms with Gasteiger partial charge < -0.3 is 14.4 Å². The van der Waals surface area contributed by atoms with Gasteiger partial charge in [0.2, 0.25) is 0 Å². The molecule has 1 aromatic rings. The molecule has 1 atom stereocenters. The minimum Gasteiger partial charge on any atom is -0.480 e. The molecule has 2 heterocycles. The number of carboxylic acid groups (broad SMARTS) is 1. The van der Waals surface area contributed by atoms with Crippen LogP contribution >= 0.6 is 11.8 Å². The van der Waals surface area contributed by atoms with Crippen LogP contribution in [-0.2, 0) is 11.2 Å². The third kappa shape index (κ3) is 2.53. The van der Waals surface area contributed by atoms with Crippen LogP contribution in [0.3, 0.4) is 0 Å². The third-order valence-corrected chi connectivity index (χ3v) is 3.92. The smallest absolute Gasteiger partial charge is 0.327 e. The van der Waals surface area contributed by atoms with E-state index in [0.29, 0.717) is 18.7 Å². The first-order valence-electron chi connectivity index (χ1n) is 5.83. The van der Waals surface area contributed by atoms with E-state index in [1.54, 1.807) is 23.9 Å². The summed E-state index contributed by atoms with van der Waals surface area (Å²) in [5, 5.41) is 9.12. The quantitative estimate of drug-likeness (QED) is 0.900. The number of rotatable bonds is 3. The molecule has 1 saturated heterocycles. The molecule has 1 N–H and O–H groups in total. The Kier molecular flexibility index (Phi) is 3.96. The monoisotopic (exact) mass is 269 g/mol. The molecule has 0 aromatic carbocycles. The van der Waals surface area contributed by atoms with E-state index in [9.17, 15) is 9.59 Å². The Morgan fingerprint density at radius 2 is 2.33 bits per heavy atom. The van der Waals surface area contributed by atoms with Gasteiger partial charge >= 0.3 is 5.97 Å². The number of amides is 1. The Bertz CT molecular complexity index is 457. The summed E-state index contributed by atoms with van der Waals surface area (Å²) in [7, 11) is 0. The number of carbonyl (C=O) groups is 2. The molecule has 5 nitrogen and oxygen atoms in total. The second-order valence-corrected chi connectivity index (χ2v) is 5.20. The number of nitrogens with zero attached hydrogens (tertiary/aromatic N) is 1. The summed E-state index contributed by atoms with van der Waals surface area (Å²) in [5.74, 6) is 0.862. The van der Waals surface area contributed by atoms with E-state index < -0.39 is 12.0 Å². The molecule has 0 saturated carbocycles. The maximum absolute atomic E-state index is 12.2. The second kappa shape index (κ2) is 5.48.